The van der Waals surface area contributed by atoms with E-state index in [0.29, 0.717) is 0 Å². The molecule has 3 aromatic rings. The molecule has 3 rings (SSSR count). The quantitative estimate of drug-likeness (QED) is 0.413. The second-order valence-electron chi connectivity index (χ2n) is 6.18. The molecule has 1 unspecified atom stereocenters. The van der Waals surface area contributed by atoms with Gasteiger partial charge in [-0.3, -0.25) is 0 Å². The van der Waals surface area contributed by atoms with Gasteiger partial charge in [0.05, 0.1) is 0 Å². The molecule has 0 spiro atoms. The van der Waals surface area contributed by atoms with Crippen LogP contribution in [0, 0.1) is 0 Å². The van der Waals surface area contributed by atoms with Gasteiger partial charge >= 0.3 is 6.16 Å². The second kappa shape index (κ2) is 10.5. The topological polar surface area (TPSA) is 57.5 Å². The molecule has 0 saturated heterocycles. The van der Waals surface area contributed by atoms with Gasteiger partial charge in [0, 0.05) is 5.41 Å². The fourth-order valence-electron chi connectivity index (χ4n) is 3.47. The van der Waals surface area contributed by atoms with Crippen molar-refractivity contribution in [3.63, 3.8) is 0 Å². The highest BCUT2D eigenvalue weighted by Gasteiger charge is 2.35. The molecule has 4 heteroatoms. The molecule has 27 heavy (non-hydrogen) atoms. The first-order valence-electron chi connectivity index (χ1n) is 8.90. The van der Waals surface area contributed by atoms with Gasteiger partial charge in [-0.2, -0.15) is 0 Å². The SMILES string of the molecule is O=C(O)O.PCCCC(c1ccccc1)(c1ccccc1)c1ccccc1. The van der Waals surface area contributed by atoms with E-state index in [4.69, 9.17) is 15.0 Å². The molecule has 0 fully saturated rings. The van der Waals surface area contributed by atoms with Crippen LogP contribution < -0.4 is 0 Å². The van der Waals surface area contributed by atoms with Crippen LogP contribution in [-0.2, 0) is 5.41 Å². The normalized spacial score (nSPS) is 10.6. The van der Waals surface area contributed by atoms with E-state index in [2.05, 4.69) is 100 Å². The molecule has 0 aliphatic heterocycles. The van der Waals surface area contributed by atoms with Gasteiger partial charge in [-0.1, -0.05) is 91.0 Å². The van der Waals surface area contributed by atoms with E-state index in [9.17, 15) is 0 Å². The first-order valence-corrected chi connectivity index (χ1v) is 9.71. The predicted molar refractivity (Wildman–Crippen MR) is 114 cm³/mol. The third-order valence-corrected chi connectivity index (χ3v) is 4.96. The van der Waals surface area contributed by atoms with Gasteiger partial charge in [-0.05, 0) is 35.7 Å². The van der Waals surface area contributed by atoms with E-state index in [1.807, 2.05) is 0 Å². The zero-order valence-corrected chi connectivity index (χ0v) is 16.3. The van der Waals surface area contributed by atoms with E-state index in [1.54, 1.807) is 0 Å². The lowest BCUT2D eigenvalue weighted by molar-refractivity contribution is 0.137. The zero-order valence-electron chi connectivity index (χ0n) is 15.2. The van der Waals surface area contributed by atoms with Gasteiger partial charge in [0.2, 0.25) is 0 Å². The Balaban J connectivity index is 0.000000596. The maximum absolute atomic E-state index is 8.56. The van der Waals surface area contributed by atoms with Crippen LogP contribution in [0.2, 0.25) is 0 Å². The van der Waals surface area contributed by atoms with Crippen molar-refractivity contribution < 1.29 is 15.0 Å². The Bertz CT molecular complexity index is 704. The molecule has 3 nitrogen and oxygen atoms in total. The van der Waals surface area contributed by atoms with Crippen molar-refractivity contribution in [3.8, 4) is 0 Å². The Morgan fingerprint density at radius 1 is 0.704 bits per heavy atom. The van der Waals surface area contributed by atoms with Crippen molar-refractivity contribution in [2.45, 2.75) is 18.3 Å². The summed E-state index contributed by atoms with van der Waals surface area (Å²) < 4.78 is 0. The largest absolute Gasteiger partial charge is 0.503 e. The maximum atomic E-state index is 8.56. The van der Waals surface area contributed by atoms with Crippen molar-refractivity contribution in [2.75, 3.05) is 6.16 Å². The molecule has 0 saturated carbocycles. The van der Waals surface area contributed by atoms with Crippen molar-refractivity contribution >= 4 is 15.4 Å². The minimum atomic E-state index is -1.83. The first-order chi connectivity index (χ1) is 13.1. The summed E-state index contributed by atoms with van der Waals surface area (Å²) in [5.41, 5.74) is 4.03. The van der Waals surface area contributed by atoms with Crippen molar-refractivity contribution in [3.05, 3.63) is 108 Å². The molecule has 0 radical (unpaired) electrons. The van der Waals surface area contributed by atoms with Crippen LogP contribution >= 0.6 is 9.24 Å². The van der Waals surface area contributed by atoms with Gasteiger partial charge in [0.25, 0.3) is 0 Å². The van der Waals surface area contributed by atoms with Crippen LogP contribution in [0.5, 0.6) is 0 Å². The smallest absolute Gasteiger partial charge is 0.450 e. The predicted octanol–water partition coefficient (Wildman–Crippen LogP) is 5.90. The molecule has 2 N–H and O–H groups in total. The average molecular weight is 380 g/mol. The second-order valence-corrected chi connectivity index (χ2v) is 6.76. The molecule has 0 aliphatic rings. The molecule has 0 aromatic heterocycles. The summed E-state index contributed by atoms with van der Waals surface area (Å²) in [4.78, 5) is 8.56. The summed E-state index contributed by atoms with van der Waals surface area (Å²) in [7, 11) is 2.87. The fourth-order valence-corrected chi connectivity index (χ4v) is 3.67. The number of benzene rings is 3. The zero-order chi connectivity index (χ0) is 19.5. The van der Waals surface area contributed by atoms with E-state index in [1.165, 1.54) is 23.1 Å². The lowest BCUT2D eigenvalue weighted by atomic mass is 9.67. The third-order valence-electron chi connectivity index (χ3n) is 4.56. The highest BCUT2D eigenvalue weighted by Crippen LogP contribution is 2.43. The summed E-state index contributed by atoms with van der Waals surface area (Å²) in [5, 5.41) is 13.9. The number of hydrogen-bond acceptors (Lipinski definition) is 1. The first kappa shape index (κ1) is 20.7. The summed E-state index contributed by atoms with van der Waals surface area (Å²) in [6.07, 6.45) is 1.56. The molecular weight excluding hydrogens is 355 g/mol. The van der Waals surface area contributed by atoms with Gasteiger partial charge in [0.1, 0.15) is 0 Å². The minimum absolute atomic E-state index is 0.0830. The Kier molecular flexibility index (Phi) is 8.03. The molecule has 0 aliphatic carbocycles. The van der Waals surface area contributed by atoms with Gasteiger partial charge in [0.15, 0.2) is 0 Å². The number of rotatable bonds is 6. The Hall–Kier alpha value is -2.64. The molecule has 0 heterocycles. The fraction of sp³-hybridized carbons (Fsp3) is 0.174. The van der Waals surface area contributed by atoms with Gasteiger partial charge < -0.3 is 10.2 Å². The van der Waals surface area contributed by atoms with Crippen LogP contribution in [0.3, 0.4) is 0 Å². The van der Waals surface area contributed by atoms with Gasteiger partial charge in [-0.15, -0.1) is 9.24 Å². The van der Waals surface area contributed by atoms with Crippen LogP contribution in [0.1, 0.15) is 29.5 Å². The Labute approximate surface area is 162 Å². The Morgan fingerprint density at radius 2 is 1.00 bits per heavy atom. The molecule has 140 valence electrons. The standard InChI is InChI=1S/C22H23P.CH2O3/c23-18-10-17-22(19-11-4-1-5-12-19,20-13-6-2-7-14-20)21-15-8-3-9-16-21;2-1(3)4/h1-9,11-16H,10,17-18,23H2;(H2,2,3,4). The van der Waals surface area contributed by atoms with Crippen molar-refractivity contribution in [1.29, 1.82) is 0 Å². The third kappa shape index (κ3) is 5.42. The maximum Gasteiger partial charge on any atom is 0.503 e. The van der Waals surface area contributed by atoms with E-state index < -0.39 is 6.16 Å². The van der Waals surface area contributed by atoms with Crippen LogP contribution in [-0.4, -0.2) is 22.5 Å². The van der Waals surface area contributed by atoms with Crippen molar-refractivity contribution in [1.82, 2.24) is 0 Å². The average Bonchev–Trinajstić information content (AvgIpc) is 2.71. The lowest BCUT2D eigenvalue weighted by Gasteiger charge is -2.36. The summed E-state index contributed by atoms with van der Waals surface area (Å²) in [6.45, 7) is 0. The highest BCUT2D eigenvalue weighted by atomic mass is 31.0. The molecule has 0 bridgehead atoms. The summed E-state index contributed by atoms with van der Waals surface area (Å²) in [5.74, 6) is 0. The van der Waals surface area contributed by atoms with E-state index >= 15 is 0 Å². The van der Waals surface area contributed by atoms with Gasteiger partial charge in [-0.25, -0.2) is 4.79 Å². The monoisotopic (exact) mass is 380 g/mol. The minimum Gasteiger partial charge on any atom is -0.450 e. The van der Waals surface area contributed by atoms with Crippen LogP contribution in [0.25, 0.3) is 0 Å². The Morgan fingerprint density at radius 3 is 1.26 bits per heavy atom. The molecule has 1 atom stereocenters. The van der Waals surface area contributed by atoms with E-state index in [-0.39, 0.29) is 5.41 Å². The van der Waals surface area contributed by atoms with Crippen LogP contribution in [0.15, 0.2) is 91.0 Å². The number of carbonyl (C=O) groups is 1. The summed E-state index contributed by atoms with van der Waals surface area (Å²) in [6, 6.07) is 32.8. The highest BCUT2D eigenvalue weighted by molar-refractivity contribution is 7.16. The van der Waals surface area contributed by atoms with Crippen LogP contribution in [0.4, 0.5) is 4.79 Å². The van der Waals surface area contributed by atoms with E-state index in [0.717, 1.165) is 12.6 Å². The molecule has 0 amide bonds. The number of carboxylic acid groups (broad SMARTS) is 2. The van der Waals surface area contributed by atoms with Crippen molar-refractivity contribution in [2.24, 2.45) is 0 Å². The molecular formula is C23H25O3P. The lowest BCUT2D eigenvalue weighted by Crippen LogP contribution is -2.29. The summed E-state index contributed by atoms with van der Waals surface area (Å²) >= 11 is 0. The number of hydrogen-bond donors (Lipinski definition) is 2. The molecule has 3 aromatic carbocycles.